The smallest absolute Gasteiger partial charge is 0.240 e. The molecule has 0 unspecified atom stereocenters. The van der Waals surface area contributed by atoms with E-state index in [9.17, 15) is 4.79 Å². The Morgan fingerprint density at radius 2 is 2.00 bits per heavy atom. The molecule has 1 aromatic carbocycles. The molecule has 1 fully saturated rings. The maximum absolute atomic E-state index is 12.8. The Hall–Kier alpha value is -1.39. The summed E-state index contributed by atoms with van der Waals surface area (Å²) in [5.41, 5.74) is 2.66. The van der Waals surface area contributed by atoms with Gasteiger partial charge in [-0.3, -0.25) is 9.69 Å². The van der Waals surface area contributed by atoms with Crippen molar-refractivity contribution >= 4 is 5.91 Å². The molecule has 0 aromatic heterocycles. The quantitative estimate of drug-likeness (QED) is 0.773. The lowest BCUT2D eigenvalue weighted by molar-refractivity contribution is -0.137. The molecule has 1 aromatic rings. The van der Waals surface area contributed by atoms with Crippen LogP contribution in [0.25, 0.3) is 0 Å². The molecule has 108 valence electrons. The summed E-state index contributed by atoms with van der Waals surface area (Å²) in [5.74, 6) is 0.257. The molecule has 0 bridgehead atoms. The first-order valence-electron chi connectivity index (χ1n) is 7.39. The Morgan fingerprint density at radius 1 is 1.20 bits per heavy atom. The molecule has 20 heavy (non-hydrogen) atoms. The minimum Gasteiger partial charge on any atom is -0.380 e. The highest BCUT2D eigenvalue weighted by molar-refractivity contribution is 5.82. The molecule has 0 N–H and O–H groups in total. The molecule has 2 heterocycles. The molecule has 0 saturated carbocycles. The van der Waals surface area contributed by atoms with Crippen molar-refractivity contribution in [3.05, 3.63) is 35.4 Å². The van der Waals surface area contributed by atoms with Crippen molar-refractivity contribution < 1.29 is 9.53 Å². The lowest BCUT2D eigenvalue weighted by Gasteiger charge is -2.36. The SMILES string of the molecule is CN1Cc2ccccc2C[C@H]1C(=O)N1CCCOCC1. The van der Waals surface area contributed by atoms with Gasteiger partial charge in [0.1, 0.15) is 0 Å². The van der Waals surface area contributed by atoms with Crippen molar-refractivity contribution in [3.63, 3.8) is 0 Å². The molecule has 1 atom stereocenters. The van der Waals surface area contributed by atoms with Gasteiger partial charge in [0, 0.05) is 26.2 Å². The molecule has 2 aliphatic rings. The van der Waals surface area contributed by atoms with Gasteiger partial charge in [-0.15, -0.1) is 0 Å². The van der Waals surface area contributed by atoms with Crippen LogP contribution in [-0.2, 0) is 22.5 Å². The highest BCUT2D eigenvalue weighted by atomic mass is 16.5. The van der Waals surface area contributed by atoms with Crippen LogP contribution in [0.1, 0.15) is 17.5 Å². The molecule has 4 nitrogen and oxygen atoms in total. The third kappa shape index (κ3) is 2.72. The van der Waals surface area contributed by atoms with E-state index in [0.29, 0.717) is 6.61 Å². The van der Waals surface area contributed by atoms with Gasteiger partial charge in [-0.2, -0.15) is 0 Å². The number of hydrogen-bond acceptors (Lipinski definition) is 3. The molecule has 3 rings (SSSR count). The van der Waals surface area contributed by atoms with Gasteiger partial charge in [-0.25, -0.2) is 0 Å². The molecule has 0 radical (unpaired) electrons. The Bertz CT molecular complexity index is 481. The standard InChI is InChI=1S/C16H22N2O2/c1-17-12-14-6-3-2-5-13(14)11-15(17)16(19)18-7-4-9-20-10-8-18/h2-3,5-6,15H,4,7-12H2,1H3/t15-/m0/s1. The summed E-state index contributed by atoms with van der Waals surface area (Å²) in [4.78, 5) is 16.9. The molecule has 0 spiro atoms. The molecule has 4 heteroatoms. The second kappa shape index (κ2) is 5.94. The number of benzene rings is 1. The molecule has 1 amide bonds. The summed E-state index contributed by atoms with van der Waals surface area (Å²) in [5, 5.41) is 0. The van der Waals surface area contributed by atoms with E-state index in [0.717, 1.165) is 39.1 Å². The number of rotatable bonds is 1. The van der Waals surface area contributed by atoms with Crippen LogP contribution in [0.3, 0.4) is 0 Å². The zero-order chi connectivity index (χ0) is 13.9. The van der Waals surface area contributed by atoms with E-state index in [1.807, 2.05) is 11.9 Å². The zero-order valence-corrected chi connectivity index (χ0v) is 12.0. The number of fused-ring (bicyclic) bond motifs is 1. The summed E-state index contributed by atoms with van der Waals surface area (Å²) in [6.07, 6.45) is 1.77. The van der Waals surface area contributed by atoms with Crippen LogP contribution in [0.15, 0.2) is 24.3 Å². The number of hydrogen-bond donors (Lipinski definition) is 0. The third-order valence-corrected chi connectivity index (χ3v) is 4.30. The number of nitrogens with zero attached hydrogens (tertiary/aromatic N) is 2. The summed E-state index contributed by atoms with van der Waals surface area (Å²) >= 11 is 0. The first kappa shape index (κ1) is 13.6. The summed E-state index contributed by atoms with van der Waals surface area (Å²) in [7, 11) is 2.05. The van der Waals surface area contributed by atoms with Gasteiger partial charge < -0.3 is 9.64 Å². The second-order valence-electron chi connectivity index (χ2n) is 5.69. The highest BCUT2D eigenvalue weighted by Crippen LogP contribution is 2.23. The van der Waals surface area contributed by atoms with Gasteiger partial charge in [-0.1, -0.05) is 24.3 Å². The van der Waals surface area contributed by atoms with Crippen molar-refractivity contribution in [2.75, 3.05) is 33.4 Å². The first-order chi connectivity index (χ1) is 9.75. The largest absolute Gasteiger partial charge is 0.380 e. The van der Waals surface area contributed by atoms with Crippen molar-refractivity contribution in [2.24, 2.45) is 0 Å². The number of amides is 1. The van der Waals surface area contributed by atoms with Crippen LogP contribution < -0.4 is 0 Å². The molecule has 2 aliphatic heterocycles. The van der Waals surface area contributed by atoms with E-state index in [-0.39, 0.29) is 11.9 Å². The molecule has 1 saturated heterocycles. The normalized spacial score (nSPS) is 24.1. The van der Waals surface area contributed by atoms with Gasteiger partial charge in [-0.05, 0) is 31.0 Å². The lowest BCUT2D eigenvalue weighted by atomic mass is 9.93. The van der Waals surface area contributed by atoms with Crippen molar-refractivity contribution in [2.45, 2.75) is 25.4 Å². The van der Waals surface area contributed by atoms with E-state index in [4.69, 9.17) is 4.74 Å². The lowest BCUT2D eigenvalue weighted by Crippen LogP contribution is -2.50. The second-order valence-corrected chi connectivity index (χ2v) is 5.69. The van der Waals surface area contributed by atoms with Gasteiger partial charge in [0.25, 0.3) is 0 Å². The zero-order valence-electron chi connectivity index (χ0n) is 12.0. The van der Waals surface area contributed by atoms with Gasteiger partial charge >= 0.3 is 0 Å². The molecule has 0 aliphatic carbocycles. The van der Waals surface area contributed by atoms with E-state index >= 15 is 0 Å². The Labute approximate surface area is 120 Å². The average Bonchev–Trinajstić information content (AvgIpc) is 2.75. The predicted octanol–water partition coefficient (Wildman–Crippen LogP) is 1.29. The molecular formula is C16H22N2O2. The fraction of sp³-hybridized carbons (Fsp3) is 0.562. The maximum atomic E-state index is 12.8. The van der Waals surface area contributed by atoms with Crippen molar-refractivity contribution in [3.8, 4) is 0 Å². The maximum Gasteiger partial charge on any atom is 0.240 e. The van der Waals surface area contributed by atoms with E-state index in [1.165, 1.54) is 11.1 Å². The van der Waals surface area contributed by atoms with Crippen LogP contribution >= 0.6 is 0 Å². The van der Waals surface area contributed by atoms with E-state index in [1.54, 1.807) is 0 Å². The van der Waals surface area contributed by atoms with Crippen LogP contribution in [0.5, 0.6) is 0 Å². The summed E-state index contributed by atoms with van der Waals surface area (Å²) in [6, 6.07) is 8.41. The summed E-state index contributed by atoms with van der Waals surface area (Å²) < 4.78 is 5.44. The summed E-state index contributed by atoms with van der Waals surface area (Å²) in [6.45, 7) is 3.85. The molecular weight excluding hydrogens is 252 g/mol. The van der Waals surface area contributed by atoms with Crippen LogP contribution in [0.4, 0.5) is 0 Å². The van der Waals surface area contributed by atoms with Crippen molar-refractivity contribution in [1.29, 1.82) is 0 Å². The van der Waals surface area contributed by atoms with E-state index in [2.05, 4.69) is 29.2 Å². The van der Waals surface area contributed by atoms with Gasteiger partial charge in [0.2, 0.25) is 5.91 Å². The predicted molar refractivity (Wildman–Crippen MR) is 77.4 cm³/mol. The van der Waals surface area contributed by atoms with Crippen LogP contribution in [0.2, 0.25) is 0 Å². The van der Waals surface area contributed by atoms with Crippen LogP contribution in [0, 0.1) is 0 Å². The Balaban J connectivity index is 1.75. The fourth-order valence-electron chi connectivity index (χ4n) is 3.11. The number of ether oxygens (including phenoxy) is 1. The highest BCUT2D eigenvalue weighted by Gasteiger charge is 2.32. The number of carbonyl (C=O) groups is 1. The fourth-order valence-corrected chi connectivity index (χ4v) is 3.11. The van der Waals surface area contributed by atoms with Gasteiger partial charge in [0.05, 0.1) is 12.6 Å². The number of carbonyl (C=O) groups excluding carboxylic acids is 1. The van der Waals surface area contributed by atoms with Crippen LogP contribution in [-0.4, -0.2) is 55.1 Å². The number of likely N-dealkylation sites (N-methyl/N-ethyl adjacent to an activating group) is 1. The van der Waals surface area contributed by atoms with Crippen molar-refractivity contribution in [1.82, 2.24) is 9.80 Å². The minimum atomic E-state index is -0.0250. The Morgan fingerprint density at radius 3 is 2.85 bits per heavy atom. The third-order valence-electron chi connectivity index (χ3n) is 4.30. The van der Waals surface area contributed by atoms with E-state index < -0.39 is 0 Å². The van der Waals surface area contributed by atoms with Gasteiger partial charge in [0.15, 0.2) is 0 Å². The first-order valence-corrected chi connectivity index (χ1v) is 7.39. The minimum absolute atomic E-state index is 0.0250. The Kier molecular flexibility index (Phi) is 4.03. The average molecular weight is 274 g/mol. The monoisotopic (exact) mass is 274 g/mol. The topological polar surface area (TPSA) is 32.8 Å².